The van der Waals surface area contributed by atoms with Gasteiger partial charge in [-0.05, 0) is 79.1 Å². The van der Waals surface area contributed by atoms with Crippen molar-refractivity contribution in [2.75, 3.05) is 0 Å². The molecule has 0 aliphatic carbocycles. The SMILES string of the molecule is CCCCCCC1=NN2C(=N)/C(=C/c3cc(C)n(-c4ccc5ccccc5c4)c3C)C(=O)N=C2S1. The van der Waals surface area contributed by atoms with Crippen LogP contribution in [0.3, 0.4) is 0 Å². The van der Waals surface area contributed by atoms with E-state index < -0.39 is 0 Å². The lowest BCUT2D eigenvalue weighted by atomic mass is 10.1. The Bertz CT molecular complexity index is 1430. The van der Waals surface area contributed by atoms with Gasteiger partial charge in [0, 0.05) is 17.1 Å². The van der Waals surface area contributed by atoms with Crippen LogP contribution in [0.15, 0.2) is 64.2 Å². The predicted molar refractivity (Wildman–Crippen MR) is 147 cm³/mol. The first kappa shape index (κ1) is 23.3. The van der Waals surface area contributed by atoms with Gasteiger partial charge in [0.25, 0.3) is 5.91 Å². The lowest BCUT2D eigenvalue weighted by molar-refractivity contribution is -0.114. The molecule has 0 radical (unpaired) electrons. The van der Waals surface area contributed by atoms with E-state index in [2.05, 4.69) is 64.9 Å². The molecule has 1 amide bonds. The molecular formula is C28H29N5OS. The second-order valence-electron chi connectivity index (χ2n) is 9.02. The maximum Gasteiger partial charge on any atom is 0.283 e. The number of nitrogens with one attached hydrogen (secondary N) is 1. The van der Waals surface area contributed by atoms with Crippen LogP contribution in [0.25, 0.3) is 22.5 Å². The summed E-state index contributed by atoms with van der Waals surface area (Å²) in [5, 5.41) is 18.6. The molecule has 1 aromatic heterocycles. The number of hydrogen-bond donors (Lipinski definition) is 1. The topological polar surface area (TPSA) is 73.8 Å². The van der Waals surface area contributed by atoms with Crippen LogP contribution in [0.2, 0.25) is 0 Å². The van der Waals surface area contributed by atoms with E-state index in [1.165, 1.54) is 40.4 Å². The van der Waals surface area contributed by atoms with Crippen molar-refractivity contribution >= 4 is 50.6 Å². The number of thioether (sulfide) groups is 1. The number of fused-ring (bicyclic) bond motifs is 2. The van der Waals surface area contributed by atoms with E-state index in [-0.39, 0.29) is 17.3 Å². The van der Waals surface area contributed by atoms with Gasteiger partial charge in [-0.3, -0.25) is 10.2 Å². The standard InChI is InChI=1S/C28H29N5OS/c1-4-5-6-7-12-25-31-33-26(29)24(27(34)30-28(33)35-25)17-22-15-18(2)32(19(22)3)23-14-13-20-10-8-9-11-21(20)16-23/h8-11,13-17,29H,4-7,12H2,1-3H3/b24-17-,29-26?. The average Bonchev–Trinajstić information content (AvgIpc) is 3.38. The molecule has 7 heteroatoms. The van der Waals surface area contributed by atoms with Crippen molar-refractivity contribution in [3.8, 4) is 5.69 Å². The molecule has 178 valence electrons. The molecule has 3 heterocycles. The molecule has 1 N–H and O–H groups in total. The Kier molecular flexibility index (Phi) is 6.43. The maximum absolute atomic E-state index is 12.9. The lowest BCUT2D eigenvalue weighted by Crippen LogP contribution is -2.35. The van der Waals surface area contributed by atoms with Crippen LogP contribution in [-0.4, -0.2) is 31.5 Å². The second kappa shape index (κ2) is 9.66. The number of aryl methyl sites for hydroxylation is 1. The van der Waals surface area contributed by atoms with Gasteiger partial charge in [-0.25, -0.2) is 0 Å². The number of aromatic nitrogens is 1. The van der Waals surface area contributed by atoms with Crippen molar-refractivity contribution in [1.29, 1.82) is 5.41 Å². The first-order chi connectivity index (χ1) is 17.0. The van der Waals surface area contributed by atoms with Crippen LogP contribution in [-0.2, 0) is 4.79 Å². The molecule has 2 aliphatic rings. The first-order valence-electron chi connectivity index (χ1n) is 12.1. The molecule has 0 spiro atoms. The monoisotopic (exact) mass is 483 g/mol. The number of hydrogen-bond acceptors (Lipinski definition) is 4. The largest absolute Gasteiger partial charge is 0.318 e. The van der Waals surface area contributed by atoms with Crippen LogP contribution in [0.4, 0.5) is 0 Å². The summed E-state index contributed by atoms with van der Waals surface area (Å²) in [7, 11) is 0. The Hall–Kier alpha value is -3.45. The molecule has 0 saturated heterocycles. The van der Waals surface area contributed by atoms with Crippen molar-refractivity contribution < 1.29 is 4.79 Å². The highest BCUT2D eigenvalue weighted by molar-refractivity contribution is 8.26. The number of carbonyl (C=O) groups is 1. The van der Waals surface area contributed by atoms with Gasteiger partial charge < -0.3 is 4.57 Å². The Morgan fingerprint density at radius 2 is 1.83 bits per heavy atom. The lowest BCUT2D eigenvalue weighted by Gasteiger charge is -2.20. The number of rotatable bonds is 7. The molecule has 0 fully saturated rings. The van der Waals surface area contributed by atoms with Gasteiger partial charge in [0.2, 0.25) is 5.17 Å². The van der Waals surface area contributed by atoms with Crippen LogP contribution >= 0.6 is 11.8 Å². The van der Waals surface area contributed by atoms with E-state index in [4.69, 9.17) is 5.41 Å². The zero-order valence-corrected chi connectivity index (χ0v) is 21.2. The summed E-state index contributed by atoms with van der Waals surface area (Å²) in [6, 6.07) is 16.8. The number of hydrazone groups is 1. The summed E-state index contributed by atoms with van der Waals surface area (Å²) in [5.41, 5.74) is 4.31. The van der Waals surface area contributed by atoms with Gasteiger partial charge >= 0.3 is 0 Å². The van der Waals surface area contributed by atoms with Crippen molar-refractivity contribution in [3.05, 3.63) is 71.1 Å². The molecular weight excluding hydrogens is 454 g/mol. The molecule has 5 rings (SSSR count). The van der Waals surface area contributed by atoms with Crippen LogP contribution in [0, 0.1) is 19.3 Å². The van der Waals surface area contributed by atoms with Gasteiger partial charge in [0.05, 0.1) is 5.57 Å². The molecule has 0 atom stereocenters. The van der Waals surface area contributed by atoms with Crippen molar-refractivity contribution in [2.45, 2.75) is 52.9 Å². The number of amides is 1. The molecule has 0 saturated carbocycles. The highest BCUT2D eigenvalue weighted by atomic mass is 32.2. The Morgan fingerprint density at radius 3 is 2.63 bits per heavy atom. The van der Waals surface area contributed by atoms with Crippen LogP contribution in [0.5, 0.6) is 0 Å². The number of nitrogens with zero attached hydrogens (tertiary/aromatic N) is 4. The molecule has 0 bridgehead atoms. The summed E-state index contributed by atoms with van der Waals surface area (Å²) >= 11 is 1.41. The van der Waals surface area contributed by atoms with Crippen molar-refractivity contribution in [1.82, 2.24) is 9.58 Å². The summed E-state index contributed by atoms with van der Waals surface area (Å²) in [6.45, 7) is 6.29. The maximum atomic E-state index is 12.9. The normalized spacial score (nSPS) is 16.8. The van der Waals surface area contributed by atoms with Gasteiger partial charge in [-0.15, -0.1) is 0 Å². The fourth-order valence-electron chi connectivity index (χ4n) is 4.64. The molecule has 3 aromatic rings. The highest BCUT2D eigenvalue weighted by Gasteiger charge is 2.35. The molecule has 0 unspecified atom stereocenters. The van der Waals surface area contributed by atoms with Gasteiger partial charge in [0.1, 0.15) is 5.04 Å². The molecule has 2 aliphatic heterocycles. The summed E-state index contributed by atoms with van der Waals surface area (Å²) in [4.78, 5) is 17.1. The van der Waals surface area contributed by atoms with Gasteiger partial charge in [-0.2, -0.15) is 15.1 Å². The number of unbranched alkanes of at least 4 members (excludes halogenated alkanes) is 3. The van der Waals surface area contributed by atoms with E-state index in [0.29, 0.717) is 5.17 Å². The predicted octanol–water partition coefficient (Wildman–Crippen LogP) is 6.84. The summed E-state index contributed by atoms with van der Waals surface area (Å²) in [5.74, 6) is -0.293. The smallest absolute Gasteiger partial charge is 0.283 e. The minimum Gasteiger partial charge on any atom is -0.318 e. The fourth-order valence-corrected chi connectivity index (χ4v) is 5.56. The van der Waals surface area contributed by atoms with E-state index in [9.17, 15) is 4.79 Å². The zero-order chi connectivity index (χ0) is 24.5. The highest BCUT2D eigenvalue weighted by Crippen LogP contribution is 2.31. The number of benzene rings is 2. The number of amidine groups is 2. The second-order valence-corrected chi connectivity index (χ2v) is 10.1. The fraction of sp³-hybridized carbons (Fsp3) is 0.286. The van der Waals surface area contributed by atoms with E-state index in [1.807, 2.05) is 19.1 Å². The van der Waals surface area contributed by atoms with Crippen LogP contribution < -0.4 is 0 Å². The van der Waals surface area contributed by atoms with Gasteiger partial charge in [0.15, 0.2) is 5.84 Å². The average molecular weight is 484 g/mol. The minimum absolute atomic E-state index is 0.0894. The third kappa shape index (κ3) is 4.48. The number of carbonyl (C=O) groups excluding carboxylic acids is 1. The quantitative estimate of drug-likeness (QED) is 0.295. The number of aliphatic imine (C=N–C) groups is 1. The Balaban J connectivity index is 1.43. The third-order valence-corrected chi connectivity index (χ3v) is 7.47. The summed E-state index contributed by atoms with van der Waals surface area (Å²) in [6.07, 6.45) is 7.26. The minimum atomic E-state index is -0.383. The molecule has 2 aromatic carbocycles. The Labute approximate surface area is 209 Å². The Morgan fingerprint density at radius 1 is 1.03 bits per heavy atom. The zero-order valence-electron chi connectivity index (χ0n) is 20.3. The van der Waals surface area contributed by atoms with Gasteiger partial charge in [-0.1, -0.05) is 56.5 Å². The third-order valence-electron chi connectivity index (χ3n) is 6.50. The van der Waals surface area contributed by atoms with E-state index in [1.54, 1.807) is 6.08 Å². The van der Waals surface area contributed by atoms with Crippen LogP contribution in [0.1, 0.15) is 56.0 Å². The molecule has 6 nitrogen and oxygen atoms in total. The first-order valence-corrected chi connectivity index (χ1v) is 12.9. The summed E-state index contributed by atoms with van der Waals surface area (Å²) < 4.78 is 2.18. The van der Waals surface area contributed by atoms with E-state index >= 15 is 0 Å². The molecule has 35 heavy (non-hydrogen) atoms. The van der Waals surface area contributed by atoms with Crippen molar-refractivity contribution in [3.63, 3.8) is 0 Å². The van der Waals surface area contributed by atoms with E-state index in [0.717, 1.165) is 46.9 Å². The van der Waals surface area contributed by atoms with Crippen molar-refractivity contribution in [2.24, 2.45) is 10.1 Å².